The van der Waals surface area contributed by atoms with Crippen LogP contribution in [0.3, 0.4) is 0 Å². The maximum atomic E-state index is 6.07. The minimum absolute atomic E-state index is 0.460. The lowest BCUT2D eigenvalue weighted by Gasteiger charge is -2.16. The van der Waals surface area contributed by atoms with Gasteiger partial charge in [-0.05, 0) is 18.6 Å². The molecule has 0 saturated carbocycles. The van der Waals surface area contributed by atoms with E-state index in [1.54, 1.807) is 12.1 Å². The molecule has 104 valence electrons. The predicted molar refractivity (Wildman–Crippen MR) is 82.6 cm³/mol. The lowest BCUT2D eigenvalue weighted by molar-refractivity contribution is 0.322. The van der Waals surface area contributed by atoms with Crippen molar-refractivity contribution in [2.45, 2.75) is 6.42 Å². The van der Waals surface area contributed by atoms with Gasteiger partial charge in [-0.1, -0.05) is 39.1 Å². The number of guanidine groups is 1. The van der Waals surface area contributed by atoms with Gasteiger partial charge in [0.1, 0.15) is 6.61 Å². The number of ether oxygens (including phenoxy) is 1. The van der Waals surface area contributed by atoms with Crippen molar-refractivity contribution in [1.82, 2.24) is 10.6 Å². The fraction of sp³-hybridized carbons (Fsp3) is 0.417. The molecule has 4 nitrogen and oxygen atoms in total. The number of benzene rings is 1. The van der Waals surface area contributed by atoms with Crippen molar-refractivity contribution < 1.29 is 4.74 Å². The van der Waals surface area contributed by atoms with E-state index in [-0.39, 0.29) is 0 Å². The summed E-state index contributed by atoms with van der Waals surface area (Å²) < 4.78 is 6.41. The van der Waals surface area contributed by atoms with Gasteiger partial charge in [0.05, 0.1) is 16.6 Å². The van der Waals surface area contributed by atoms with Crippen LogP contribution in [0.25, 0.3) is 0 Å². The Balaban J connectivity index is 1.81. The van der Waals surface area contributed by atoms with Crippen LogP contribution in [0.15, 0.2) is 21.6 Å². The van der Waals surface area contributed by atoms with Crippen LogP contribution in [0.5, 0.6) is 5.75 Å². The highest BCUT2D eigenvalue weighted by atomic mass is 79.9. The third-order valence-electron chi connectivity index (χ3n) is 2.50. The Hall–Kier alpha value is -0.650. The van der Waals surface area contributed by atoms with Crippen LogP contribution in [0, 0.1) is 0 Å². The maximum absolute atomic E-state index is 6.07. The smallest absolute Gasteiger partial charge is 0.191 e. The van der Waals surface area contributed by atoms with Crippen LogP contribution in [-0.2, 0) is 0 Å². The van der Waals surface area contributed by atoms with E-state index in [0.29, 0.717) is 28.9 Å². The zero-order chi connectivity index (χ0) is 13.7. The average molecular weight is 367 g/mol. The molecule has 0 atom stereocenters. The molecule has 0 saturated heterocycles. The second kappa shape index (κ2) is 7.22. The van der Waals surface area contributed by atoms with Gasteiger partial charge in [0, 0.05) is 17.6 Å². The number of rotatable bonds is 4. The average Bonchev–Trinajstić information content (AvgIpc) is 2.38. The van der Waals surface area contributed by atoms with E-state index < -0.39 is 0 Å². The minimum Gasteiger partial charge on any atom is -0.489 e. The Kier molecular flexibility index (Phi) is 5.60. The Morgan fingerprint density at radius 2 is 2.11 bits per heavy atom. The molecule has 0 bridgehead atoms. The van der Waals surface area contributed by atoms with E-state index in [1.807, 2.05) is 0 Å². The number of halogens is 3. The molecule has 19 heavy (non-hydrogen) atoms. The van der Waals surface area contributed by atoms with Gasteiger partial charge in [0.25, 0.3) is 0 Å². The lowest BCUT2D eigenvalue weighted by Crippen LogP contribution is -2.42. The third kappa shape index (κ3) is 4.44. The van der Waals surface area contributed by atoms with Crippen LogP contribution in [0.4, 0.5) is 0 Å². The quantitative estimate of drug-likeness (QED) is 0.805. The minimum atomic E-state index is 0.460. The third-order valence-corrected chi connectivity index (χ3v) is 3.52. The summed E-state index contributed by atoms with van der Waals surface area (Å²) >= 11 is 15.5. The molecular formula is C12H14BrCl2N3O. The molecule has 1 aliphatic heterocycles. The number of hydrogen-bond acceptors (Lipinski definition) is 4. The molecular weight excluding hydrogens is 353 g/mol. The van der Waals surface area contributed by atoms with Gasteiger partial charge in [-0.25, -0.2) is 0 Å². The number of nitrogens with zero attached hydrogens (tertiary/aromatic N) is 1. The molecule has 1 heterocycles. The molecule has 1 aliphatic rings. The van der Waals surface area contributed by atoms with E-state index in [2.05, 4.69) is 31.6 Å². The van der Waals surface area contributed by atoms with Gasteiger partial charge in [0.2, 0.25) is 0 Å². The topological polar surface area (TPSA) is 45.6 Å². The van der Waals surface area contributed by atoms with E-state index >= 15 is 0 Å². The summed E-state index contributed by atoms with van der Waals surface area (Å²) in [4.78, 5) is 4.30. The number of aliphatic imine (C=N–C) groups is 1. The highest BCUT2D eigenvalue weighted by Gasteiger charge is 2.09. The van der Waals surface area contributed by atoms with Gasteiger partial charge in [-0.2, -0.15) is 0 Å². The standard InChI is InChI=1S/C12H14BrCl2N3O/c13-8-6-9(14)11(10(15)7-8)19-5-4-18-12-16-2-1-3-17-12/h6-7H,1-5H2,(H2,16,17,18). The van der Waals surface area contributed by atoms with E-state index in [9.17, 15) is 0 Å². The van der Waals surface area contributed by atoms with Crippen LogP contribution in [0.1, 0.15) is 6.42 Å². The van der Waals surface area contributed by atoms with Crippen molar-refractivity contribution in [3.05, 3.63) is 26.7 Å². The van der Waals surface area contributed by atoms with E-state index in [4.69, 9.17) is 27.9 Å². The van der Waals surface area contributed by atoms with Gasteiger partial charge < -0.3 is 15.4 Å². The van der Waals surface area contributed by atoms with E-state index in [0.717, 1.165) is 29.9 Å². The molecule has 0 spiro atoms. The molecule has 1 aromatic carbocycles. The molecule has 7 heteroatoms. The Labute approximate surface area is 130 Å². The summed E-state index contributed by atoms with van der Waals surface area (Å²) in [6, 6.07) is 3.51. The Bertz CT molecular complexity index is 459. The molecule has 0 amide bonds. The zero-order valence-electron chi connectivity index (χ0n) is 10.2. The van der Waals surface area contributed by atoms with Gasteiger partial charge in [-0.15, -0.1) is 0 Å². The summed E-state index contributed by atoms with van der Waals surface area (Å²) in [5.41, 5.74) is 0. The predicted octanol–water partition coefficient (Wildman–Crippen LogP) is 3.07. The Morgan fingerprint density at radius 1 is 1.37 bits per heavy atom. The summed E-state index contributed by atoms with van der Waals surface area (Å²) in [5, 5.41) is 7.32. The first-order chi connectivity index (χ1) is 9.16. The fourth-order valence-corrected chi connectivity index (χ4v) is 2.96. The van der Waals surface area contributed by atoms with Crippen molar-refractivity contribution in [2.75, 3.05) is 26.2 Å². The highest BCUT2D eigenvalue weighted by molar-refractivity contribution is 9.10. The molecule has 0 aromatic heterocycles. The molecule has 1 aromatic rings. The first-order valence-electron chi connectivity index (χ1n) is 5.96. The van der Waals surface area contributed by atoms with Crippen LogP contribution in [-0.4, -0.2) is 32.2 Å². The first-order valence-corrected chi connectivity index (χ1v) is 7.51. The molecule has 2 rings (SSSR count). The monoisotopic (exact) mass is 365 g/mol. The molecule has 0 radical (unpaired) electrons. The summed E-state index contributed by atoms with van der Waals surface area (Å²) in [6.45, 7) is 2.91. The maximum Gasteiger partial charge on any atom is 0.191 e. The normalized spacial score (nSPS) is 14.6. The molecule has 0 fully saturated rings. The van der Waals surface area contributed by atoms with Crippen LogP contribution < -0.4 is 15.4 Å². The second-order valence-corrected chi connectivity index (χ2v) is 5.71. The zero-order valence-corrected chi connectivity index (χ0v) is 13.3. The van der Waals surface area contributed by atoms with E-state index in [1.165, 1.54) is 0 Å². The van der Waals surface area contributed by atoms with Crippen molar-refractivity contribution in [1.29, 1.82) is 0 Å². The van der Waals surface area contributed by atoms with Crippen LogP contribution >= 0.6 is 39.1 Å². The fourth-order valence-electron chi connectivity index (χ4n) is 1.64. The summed E-state index contributed by atoms with van der Waals surface area (Å²) in [5.74, 6) is 1.33. The number of nitrogens with one attached hydrogen (secondary N) is 2. The van der Waals surface area contributed by atoms with Crippen molar-refractivity contribution in [3.8, 4) is 5.75 Å². The summed E-state index contributed by atoms with van der Waals surface area (Å²) in [7, 11) is 0. The molecule has 0 unspecified atom stereocenters. The van der Waals surface area contributed by atoms with Crippen molar-refractivity contribution in [3.63, 3.8) is 0 Å². The first kappa shape index (κ1) is 14.8. The van der Waals surface area contributed by atoms with Crippen molar-refractivity contribution in [2.24, 2.45) is 4.99 Å². The van der Waals surface area contributed by atoms with Gasteiger partial charge >= 0.3 is 0 Å². The van der Waals surface area contributed by atoms with Crippen molar-refractivity contribution >= 4 is 45.1 Å². The molecule has 2 N–H and O–H groups in total. The van der Waals surface area contributed by atoms with Crippen LogP contribution in [0.2, 0.25) is 10.0 Å². The highest BCUT2D eigenvalue weighted by Crippen LogP contribution is 2.35. The Morgan fingerprint density at radius 3 is 2.74 bits per heavy atom. The van der Waals surface area contributed by atoms with Gasteiger partial charge in [0.15, 0.2) is 11.7 Å². The van der Waals surface area contributed by atoms with Gasteiger partial charge in [-0.3, -0.25) is 4.99 Å². The number of hydrogen-bond donors (Lipinski definition) is 2. The largest absolute Gasteiger partial charge is 0.489 e. The summed E-state index contributed by atoms with van der Waals surface area (Å²) in [6.07, 6.45) is 1.08. The second-order valence-electron chi connectivity index (χ2n) is 3.98. The molecule has 0 aliphatic carbocycles. The SMILES string of the molecule is Clc1cc(Br)cc(Cl)c1OCCNC1=NCCCN1. The lowest BCUT2D eigenvalue weighted by atomic mass is 10.3.